The van der Waals surface area contributed by atoms with Crippen LogP contribution in [0.2, 0.25) is 5.02 Å². The molecule has 2 aromatic heterocycles. The lowest BCUT2D eigenvalue weighted by Crippen LogP contribution is -2.35. The molecular weight excluding hydrogens is 488 g/mol. The summed E-state index contributed by atoms with van der Waals surface area (Å²) in [6.45, 7) is 1.15. The average Bonchev–Trinajstić information content (AvgIpc) is 3.60. The Morgan fingerprint density at radius 3 is 2.81 bits per heavy atom. The summed E-state index contributed by atoms with van der Waals surface area (Å²) in [5.41, 5.74) is 2.38. The second-order valence-electron chi connectivity index (χ2n) is 8.39. The van der Waals surface area contributed by atoms with Crippen LogP contribution in [0.5, 0.6) is 0 Å². The first-order valence-electron chi connectivity index (χ1n) is 11.3. The monoisotopic (exact) mass is 510 g/mol. The van der Waals surface area contributed by atoms with Crippen LogP contribution in [0.3, 0.4) is 0 Å². The van der Waals surface area contributed by atoms with Crippen LogP contribution in [-0.4, -0.2) is 45.9 Å². The molecule has 1 fully saturated rings. The quantitative estimate of drug-likeness (QED) is 0.311. The summed E-state index contributed by atoms with van der Waals surface area (Å²) in [4.78, 5) is 39.6. The highest BCUT2D eigenvalue weighted by Gasteiger charge is 2.20. The molecule has 1 unspecified atom stereocenters. The average molecular weight is 511 g/mol. The number of aromatic amines is 1. The zero-order valence-corrected chi connectivity index (χ0v) is 20.0. The van der Waals surface area contributed by atoms with E-state index in [0.717, 1.165) is 24.8 Å². The van der Waals surface area contributed by atoms with Crippen molar-refractivity contribution in [1.82, 2.24) is 20.0 Å². The van der Waals surface area contributed by atoms with E-state index in [9.17, 15) is 14.4 Å². The number of ether oxygens (including phenoxy) is 1. The van der Waals surface area contributed by atoms with E-state index in [-0.39, 0.29) is 18.0 Å². The lowest BCUT2D eigenvalue weighted by molar-refractivity contribution is 0.101. The number of hydrogen-bond donors (Lipinski definition) is 4. The van der Waals surface area contributed by atoms with Gasteiger partial charge in [-0.25, -0.2) is 9.59 Å². The fourth-order valence-electron chi connectivity index (χ4n) is 4.27. The molecular formula is C24H23ClN6O5. The predicted octanol–water partition coefficient (Wildman–Crippen LogP) is 3.73. The largest absolute Gasteiger partial charge is 0.439 e. The van der Waals surface area contributed by atoms with Crippen LogP contribution in [-0.2, 0) is 11.8 Å². The van der Waals surface area contributed by atoms with Crippen molar-refractivity contribution in [1.29, 1.82) is 0 Å². The van der Waals surface area contributed by atoms with Crippen LogP contribution in [0.4, 0.5) is 16.2 Å². The normalized spacial score (nSPS) is 15.2. The van der Waals surface area contributed by atoms with Gasteiger partial charge in [0, 0.05) is 36.2 Å². The molecule has 0 spiro atoms. The number of carbonyl (C=O) groups is 2. The van der Waals surface area contributed by atoms with E-state index >= 15 is 0 Å². The summed E-state index contributed by atoms with van der Waals surface area (Å²) in [5, 5.41) is 13.4. The van der Waals surface area contributed by atoms with Crippen LogP contribution >= 0.6 is 11.6 Å². The number of anilines is 2. The summed E-state index contributed by atoms with van der Waals surface area (Å²) in [5.74, 6) is -0.997. The zero-order chi connectivity index (χ0) is 25.2. The van der Waals surface area contributed by atoms with Crippen molar-refractivity contribution in [3.05, 3.63) is 63.7 Å². The molecule has 2 aromatic carbocycles. The number of aryl methyl sites for hydroxylation is 1. The van der Waals surface area contributed by atoms with Gasteiger partial charge in [0.1, 0.15) is 5.69 Å². The Labute approximate surface area is 209 Å². The van der Waals surface area contributed by atoms with Crippen LogP contribution < -0.4 is 21.7 Å². The van der Waals surface area contributed by atoms with Gasteiger partial charge < -0.3 is 25.3 Å². The number of H-pyrrole nitrogens is 1. The van der Waals surface area contributed by atoms with E-state index in [1.54, 1.807) is 48.0 Å². The number of halogens is 1. The summed E-state index contributed by atoms with van der Waals surface area (Å²) >= 11 is 6.11. The van der Waals surface area contributed by atoms with E-state index in [1.807, 2.05) is 6.07 Å². The van der Waals surface area contributed by atoms with Gasteiger partial charge in [-0.05, 0) is 43.2 Å². The zero-order valence-electron chi connectivity index (χ0n) is 19.3. The minimum atomic E-state index is -0.726. The first-order valence-corrected chi connectivity index (χ1v) is 11.7. The molecule has 1 saturated heterocycles. The fourth-order valence-corrected chi connectivity index (χ4v) is 4.44. The van der Waals surface area contributed by atoms with Crippen molar-refractivity contribution < 1.29 is 18.8 Å². The van der Waals surface area contributed by atoms with Gasteiger partial charge in [0.2, 0.25) is 0 Å². The van der Waals surface area contributed by atoms with E-state index < -0.39 is 11.7 Å². The van der Waals surface area contributed by atoms with Gasteiger partial charge in [-0.3, -0.25) is 14.3 Å². The van der Waals surface area contributed by atoms with Gasteiger partial charge in [0.05, 0.1) is 23.0 Å². The van der Waals surface area contributed by atoms with Crippen molar-refractivity contribution in [3.8, 4) is 11.4 Å². The minimum absolute atomic E-state index is 0.0321. The number of urea groups is 1. The molecule has 186 valence electrons. The maximum absolute atomic E-state index is 13.3. The Morgan fingerprint density at radius 2 is 2.06 bits per heavy atom. The van der Waals surface area contributed by atoms with E-state index in [0.29, 0.717) is 39.7 Å². The minimum Gasteiger partial charge on any atom is -0.376 e. The highest BCUT2D eigenvalue weighted by atomic mass is 35.5. The van der Waals surface area contributed by atoms with Crippen molar-refractivity contribution in [2.75, 3.05) is 23.8 Å². The highest BCUT2D eigenvalue weighted by molar-refractivity contribution is 6.31. The first kappa shape index (κ1) is 23.6. The lowest BCUT2D eigenvalue weighted by atomic mass is 10.1. The Kier molecular flexibility index (Phi) is 6.49. The second kappa shape index (κ2) is 9.88. The first-order chi connectivity index (χ1) is 17.4. The molecule has 0 radical (unpaired) electrons. The number of rotatable bonds is 6. The number of aromatic nitrogens is 3. The van der Waals surface area contributed by atoms with Gasteiger partial charge in [-0.1, -0.05) is 28.9 Å². The van der Waals surface area contributed by atoms with Crippen molar-refractivity contribution in [2.45, 2.75) is 18.9 Å². The fraction of sp³-hybridized carbons (Fsp3) is 0.250. The molecule has 3 heterocycles. The molecule has 4 aromatic rings. The molecule has 4 N–H and O–H groups in total. The Bertz CT molecular complexity index is 1500. The molecule has 12 heteroatoms. The summed E-state index contributed by atoms with van der Waals surface area (Å²) in [6, 6.07) is 11.6. The van der Waals surface area contributed by atoms with Gasteiger partial charge in [-0.15, -0.1) is 0 Å². The van der Waals surface area contributed by atoms with Gasteiger partial charge in [-0.2, -0.15) is 0 Å². The van der Waals surface area contributed by atoms with E-state index in [2.05, 4.69) is 30.6 Å². The van der Waals surface area contributed by atoms with Crippen molar-refractivity contribution in [2.24, 2.45) is 7.05 Å². The number of fused-ring (bicyclic) bond motifs is 1. The lowest BCUT2D eigenvalue weighted by Gasteiger charge is -2.13. The molecule has 1 aliphatic heterocycles. The number of para-hydroxylation sites is 1. The Hall–Kier alpha value is -4.09. The molecule has 11 nitrogen and oxygen atoms in total. The number of amides is 3. The molecule has 1 atom stereocenters. The smallest absolute Gasteiger partial charge is 0.376 e. The number of nitrogens with zero attached hydrogens (tertiary/aromatic N) is 2. The number of hydrogen-bond acceptors (Lipinski definition) is 6. The predicted molar refractivity (Wildman–Crippen MR) is 134 cm³/mol. The molecule has 1 aliphatic rings. The maximum Gasteiger partial charge on any atom is 0.439 e. The highest BCUT2D eigenvalue weighted by Crippen LogP contribution is 2.30. The standard InChI is InChI=1S/C24H23ClN6O5/c1-31-19(22(32)27-17-8-7-14(25)11-16(17)21-29-24(34)36-30-21)10-13-4-2-6-18(20(13)31)28-23(33)26-12-15-5-3-9-35-15/h2,4,6-8,10-11,15H,3,5,9,12H2,1H3,(H,27,32)(H2,26,28,33)(H,29,30,34). The van der Waals surface area contributed by atoms with Crippen LogP contribution in [0.25, 0.3) is 22.3 Å². The van der Waals surface area contributed by atoms with Crippen LogP contribution in [0, 0.1) is 0 Å². The SMILES string of the molecule is Cn1c(C(=O)Nc2ccc(Cl)cc2-c2noc(=O)[nH]2)cc2cccc(NC(=O)NCC3CCCO3)c21. The molecule has 36 heavy (non-hydrogen) atoms. The summed E-state index contributed by atoms with van der Waals surface area (Å²) < 4.78 is 11.8. The number of benzene rings is 2. The summed E-state index contributed by atoms with van der Waals surface area (Å²) in [7, 11) is 1.74. The Balaban J connectivity index is 1.38. The topological polar surface area (TPSA) is 143 Å². The van der Waals surface area contributed by atoms with Crippen LogP contribution in [0.1, 0.15) is 23.3 Å². The van der Waals surface area contributed by atoms with Crippen molar-refractivity contribution in [3.63, 3.8) is 0 Å². The Morgan fingerprint density at radius 1 is 1.19 bits per heavy atom. The summed E-state index contributed by atoms with van der Waals surface area (Å²) in [6.07, 6.45) is 1.95. The number of nitrogens with one attached hydrogen (secondary N) is 4. The molecule has 3 amide bonds. The van der Waals surface area contributed by atoms with Crippen LogP contribution in [0.15, 0.2) is 51.8 Å². The molecule has 5 rings (SSSR count). The second-order valence-corrected chi connectivity index (χ2v) is 8.83. The maximum atomic E-state index is 13.3. The molecule has 0 aliphatic carbocycles. The third-order valence-corrected chi connectivity index (χ3v) is 6.21. The third-order valence-electron chi connectivity index (χ3n) is 5.98. The number of carbonyl (C=O) groups excluding carboxylic acids is 2. The third kappa shape index (κ3) is 4.83. The van der Waals surface area contributed by atoms with Gasteiger partial charge in [0.25, 0.3) is 5.91 Å². The molecule has 0 saturated carbocycles. The van der Waals surface area contributed by atoms with E-state index in [1.165, 1.54) is 0 Å². The molecule has 0 bridgehead atoms. The van der Waals surface area contributed by atoms with E-state index in [4.69, 9.17) is 16.3 Å². The van der Waals surface area contributed by atoms with Gasteiger partial charge >= 0.3 is 11.8 Å². The van der Waals surface area contributed by atoms with Crippen molar-refractivity contribution >= 4 is 45.8 Å². The van der Waals surface area contributed by atoms with Gasteiger partial charge in [0.15, 0.2) is 5.82 Å².